The molecular formula is C31H30N4O2S2. The number of thiophene rings is 1. The summed E-state index contributed by atoms with van der Waals surface area (Å²) >= 11 is 1.79. The maximum absolute atomic E-state index is 13.5. The van der Waals surface area contributed by atoms with Gasteiger partial charge in [0.2, 0.25) is 0 Å². The van der Waals surface area contributed by atoms with E-state index in [4.69, 9.17) is 0 Å². The molecule has 1 aliphatic heterocycles. The van der Waals surface area contributed by atoms with Crippen molar-refractivity contribution in [2.75, 3.05) is 37.6 Å². The topological polar surface area (TPSA) is 69.3 Å². The molecule has 8 heteroatoms. The molecule has 6 nitrogen and oxygen atoms in total. The van der Waals surface area contributed by atoms with Gasteiger partial charge in [-0.1, -0.05) is 23.8 Å². The summed E-state index contributed by atoms with van der Waals surface area (Å²) in [6.07, 6.45) is 3.41. The number of benzene rings is 3. The second kappa shape index (κ2) is 10.5. The maximum atomic E-state index is 13.5. The fourth-order valence-corrected chi connectivity index (χ4v) is 7.72. The van der Waals surface area contributed by atoms with Crippen LogP contribution in [0.25, 0.3) is 21.0 Å². The smallest absolute Gasteiger partial charge is 0.268 e. The lowest BCUT2D eigenvalue weighted by atomic mass is 10.1. The van der Waals surface area contributed by atoms with Crippen LogP contribution in [0.15, 0.2) is 83.2 Å². The molecule has 5 aromatic rings. The summed E-state index contributed by atoms with van der Waals surface area (Å²) in [7, 11) is -3.75. The second-order valence-electron chi connectivity index (χ2n) is 10.2. The Balaban J connectivity index is 1.17. The molecule has 0 N–H and O–H groups in total. The summed E-state index contributed by atoms with van der Waals surface area (Å²) in [5.74, 6) is 0. The van der Waals surface area contributed by atoms with Crippen molar-refractivity contribution in [3.05, 3.63) is 95.0 Å². The SMILES string of the molecule is Cc1ccc(S(=O)(=O)n2cc(CCCN3CCN(c4cccc5sccc45)CC3)c3cc(C#N)ccc32)cc1. The number of nitrogens with zero attached hydrogens (tertiary/aromatic N) is 4. The van der Waals surface area contributed by atoms with Crippen molar-refractivity contribution in [2.45, 2.75) is 24.7 Å². The Hall–Kier alpha value is -3.64. The molecule has 3 aromatic carbocycles. The number of nitriles is 1. The molecule has 0 unspecified atom stereocenters. The Morgan fingerprint density at radius 2 is 1.74 bits per heavy atom. The number of piperazine rings is 1. The maximum Gasteiger partial charge on any atom is 0.268 e. The highest BCUT2D eigenvalue weighted by Gasteiger charge is 2.22. The highest BCUT2D eigenvalue weighted by Crippen LogP contribution is 2.31. The first-order valence-electron chi connectivity index (χ1n) is 13.2. The van der Waals surface area contributed by atoms with Crippen LogP contribution in [-0.4, -0.2) is 50.0 Å². The van der Waals surface area contributed by atoms with Gasteiger partial charge in [-0.15, -0.1) is 11.3 Å². The average Bonchev–Trinajstić information content (AvgIpc) is 3.59. The number of aryl methyl sites for hydroxylation is 2. The van der Waals surface area contributed by atoms with E-state index in [1.54, 1.807) is 41.8 Å². The van der Waals surface area contributed by atoms with Gasteiger partial charge < -0.3 is 4.90 Å². The number of aromatic nitrogens is 1. The van der Waals surface area contributed by atoms with E-state index in [1.165, 1.54) is 19.7 Å². The summed E-state index contributed by atoms with van der Waals surface area (Å²) in [4.78, 5) is 5.24. The third-order valence-electron chi connectivity index (χ3n) is 7.67. The minimum absolute atomic E-state index is 0.261. The first kappa shape index (κ1) is 25.6. The normalized spacial score (nSPS) is 14.7. The van der Waals surface area contributed by atoms with Crippen molar-refractivity contribution in [2.24, 2.45) is 0 Å². The van der Waals surface area contributed by atoms with E-state index in [0.717, 1.165) is 62.1 Å². The van der Waals surface area contributed by atoms with Gasteiger partial charge >= 0.3 is 0 Å². The third kappa shape index (κ3) is 4.94. The summed E-state index contributed by atoms with van der Waals surface area (Å²) < 4.78 is 29.8. The van der Waals surface area contributed by atoms with E-state index in [-0.39, 0.29) is 4.90 Å². The van der Waals surface area contributed by atoms with Crippen molar-refractivity contribution in [1.29, 1.82) is 5.26 Å². The van der Waals surface area contributed by atoms with Gasteiger partial charge in [0.1, 0.15) is 0 Å². The van der Waals surface area contributed by atoms with Crippen LogP contribution >= 0.6 is 11.3 Å². The largest absolute Gasteiger partial charge is 0.368 e. The van der Waals surface area contributed by atoms with Gasteiger partial charge in [0, 0.05) is 53.5 Å². The zero-order valence-electron chi connectivity index (χ0n) is 21.9. The Morgan fingerprint density at radius 3 is 2.51 bits per heavy atom. The minimum Gasteiger partial charge on any atom is -0.368 e. The Morgan fingerprint density at radius 1 is 0.949 bits per heavy atom. The number of hydrogen-bond acceptors (Lipinski definition) is 6. The van der Waals surface area contributed by atoms with Gasteiger partial charge in [0.25, 0.3) is 10.0 Å². The molecule has 1 fully saturated rings. The zero-order valence-corrected chi connectivity index (χ0v) is 23.5. The van der Waals surface area contributed by atoms with E-state index in [2.05, 4.69) is 45.5 Å². The zero-order chi connectivity index (χ0) is 27.0. The van der Waals surface area contributed by atoms with Crippen LogP contribution in [0.2, 0.25) is 0 Å². The quantitative estimate of drug-likeness (QED) is 0.246. The van der Waals surface area contributed by atoms with E-state index in [9.17, 15) is 13.7 Å². The fraction of sp³-hybridized carbons (Fsp3) is 0.258. The second-order valence-corrected chi connectivity index (χ2v) is 12.9. The van der Waals surface area contributed by atoms with Gasteiger partial charge in [-0.05, 0) is 85.8 Å². The molecule has 198 valence electrons. The molecule has 0 radical (unpaired) electrons. The predicted molar refractivity (Wildman–Crippen MR) is 159 cm³/mol. The van der Waals surface area contributed by atoms with E-state index in [1.807, 2.05) is 25.1 Å². The molecule has 1 aliphatic rings. The van der Waals surface area contributed by atoms with Crippen LogP contribution in [0, 0.1) is 18.3 Å². The Kier molecular flexibility index (Phi) is 6.90. The molecule has 0 spiro atoms. The number of rotatable bonds is 7. The van der Waals surface area contributed by atoms with Crippen molar-refractivity contribution in [3.63, 3.8) is 0 Å². The third-order valence-corrected chi connectivity index (χ3v) is 10.2. The molecule has 39 heavy (non-hydrogen) atoms. The number of fused-ring (bicyclic) bond motifs is 2. The summed E-state index contributed by atoms with van der Waals surface area (Å²) in [5.41, 5.74) is 4.44. The highest BCUT2D eigenvalue weighted by atomic mass is 32.2. The molecule has 2 aromatic heterocycles. The number of anilines is 1. The lowest BCUT2D eigenvalue weighted by Crippen LogP contribution is -2.46. The first-order chi connectivity index (χ1) is 18.9. The molecule has 0 bridgehead atoms. The monoisotopic (exact) mass is 554 g/mol. The summed E-state index contributed by atoms with van der Waals surface area (Å²) in [6.45, 7) is 6.88. The van der Waals surface area contributed by atoms with E-state index in [0.29, 0.717) is 11.1 Å². The van der Waals surface area contributed by atoms with Crippen LogP contribution < -0.4 is 4.90 Å². The molecular weight excluding hydrogens is 525 g/mol. The van der Waals surface area contributed by atoms with Gasteiger partial charge in [-0.25, -0.2) is 12.4 Å². The molecule has 0 aliphatic carbocycles. The molecule has 0 saturated carbocycles. The van der Waals surface area contributed by atoms with Gasteiger partial charge in [-0.2, -0.15) is 5.26 Å². The lowest BCUT2D eigenvalue weighted by Gasteiger charge is -2.36. The molecule has 0 amide bonds. The Labute approximate surface area is 233 Å². The number of hydrogen-bond donors (Lipinski definition) is 0. The molecule has 0 atom stereocenters. The first-order valence-corrected chi connectivity index (χ1v) is 15.6. The van der Waals surface area contributed by atoms with E-state index >= 15 is 0 Å². The fourth-order valence-electron chi connectivity index (χ4n) is 5.52. The standard InChI is InChI=1S/C31H30N4O2S2/c1-23-7-10-26(11-8-23)39(36,37)35-22-25(28-20-24(21-32)9-12-30(28)35)4-3-14-33-15-17-34(18-16-33)29-5-2-6-31-27(29)13-19-38-31/h2,5-13,19-20,22H,3-4,14-18H2,1H3. The summed E-state index contributed by atoms with van der Waals surface area (Å²) in [6, 6.07) is 23.1. The van der Waals surface area contributed by atoms with Crippen molar-refractivity contribution in [3.8, 4) is 6.07 Å². The van der Waals surface area contributed by atoms with Gasteiger partial charge in [-0.3, -0.25) is 4.90 Å². The van der Waals surface area contributed by atoms with Crippen LogP contribution in [-0.2, 0) is 16.4 Å². The summed E-state index contributed by atoms with van der Waals surface area (Å²) in [5, 5.41) is 13.8. The lowest BCUT2D eigenvalue weighted by molar-refractivity contribution is 0.255. The van der Waals surface area contributed by atoms with Crippen molar-refractivity contribution in [1.82, 2.24) is 8.87 Å². The highest BCUT2D eigenvalue weighted by molar-refractivity contribution is 7.90. The Bertz CT molecular complexity index is 1790. The van der Waals surface area contributed by atoms with Crippen LogP contribution in [0.3, 0.4) is 0 Å². The van der Waals surface area contributed by atoms with E-state index < -0.39 is 10.0 Å². The molecule has 1 saturated heterocycles. The van der Waals surface area contributed by atoms with Gasteiger partial charge in [0.15, 0.2) is 0 Å². The van der Waals surface area contributed by atoms with Crippen LogP contribution in [0.1, 0.15) is 23.1 Å². The van der Waals surface area contributed by atoms with Crippen molar-refractivity contribution >= 4 is 48.0 Å². The van der Waals surface area contributed by atoms with Crippen LogP contribution in [0.5, 0.6) is 0 Å². The average molecular weight is 555 g/mol. The molecule has 6 rings (SSSR count). The van der Waals surface area contributed by atoms with Crippen molar-refractivity contribution < 1.29 is 8.42 Å². The predicted octanol–water partition coefficient (Wildman–Crippen LogP) is 6.03. The minimum atomic E-state index is -3.75. The molecule has 3 heterocycles. The van der Waals surface area contributed by atoms with Gasteiger partial charge in [0.05, 0.1) is 22.0 Å². The van der Waals surface area contributed by atoms with Crippen LogP contribution in [0.4, 0.5) is 5.69 Å².